The lowest BCUT2D eigenvalue weighted by atomic mass is 10.0. The Labute approximate surface area is 109 Å². The second kappa shape index (κ2) is 6.47. The molecule has 0 amide bonds. The van der Waals surface area contributed by atoms with E-state index in [1.165, 1.54) is 4.88 Å². The lowest BCUT2D eigenvalue weighted by Gasteiger charge is -2.25. The number of rotatable bonds is 7. The molecule has 1 aromatic rings. The molecule has 17 heavy (non-hydrogen) atoms. The molecule has 1 aromatic heterocycles. The van der Waals surface area contributed by atoms with Crippen molar-refractivity contribution >= 4 is 11.3 Å². The molecule has 0 saturated heterocycles. The Hall–Kier alpha value is -0.450. The van der Waals surface area contributed by atoms with Gasteiger partial charge < -0.3 is 10.1 Å². The van der Waals surface area contributed by atoms with E-state index >= 15 is 0 Å². The molecule has 1 unspecified atom stereocenters. The average Bonchev–Trinajstić information content (AvgIpc) is 2.69. The third-order valence-corrected chi connectivity index (χ3v) is 4.42. The molecule has 3 nitrogen and oxygen atoms in total. The van der Waals surface area contributed by atoms with Crippen LogP contribution in [0, 0.1) is 6.92 Å². The smallest absolute Gasteiger partial charge is 0.125 e. The first kappa shape index (κ1) is 14.6. The van der Waals surface area contributed by atoms with Crippen molar-refractivity contribution in [2.24, 2.45) is 0 Å². The largest absolute Gasteiger partial charge is 0.368 e. The van der Waals surface area contributed by atoms with Gasteiger partial charge in [0.15, 0.2) is 0 Å². The van der Waals surface area contributed by atoms with E-state index in [4.69, 9.17) is 4.74 Å². The van der Waals surface area contributed by atoms with Gasteiger partial charge in [0.25, 0.3) is 0 Å². The summed E-state index contributed by atoms with van der Waals surface area (Å²) in [6.45, 7) is 13.1. The minimum Gasteiger partial charge on any atom is -0.368 e. The molecule has 0 aliphatic rings. The van der Waals surface area contributed by atoms with E-state index in [1.807, 2.05) is 6.92 Å². The SMILES string of the molecule is CCNCc1sc(C(C)(CC)OCC)nc1C. The minimum absolute atomic E-state index is 0.228. The predicted octanol–water partition coefficient (Wildman–Crippen LogP) is 3.22. The lowest BCUT2D eigenvalue weighted by Crippen LogP contribution is -2.24. The van der Waals surface area contributed by atoms with Crippen LogP contribution in [0.2, 0.25) is 0 Å². The van der Waals surface area contributed by atoms with Crippen molar-refractivity contribution in [3.63, 3.8) is 0 Å². The van der Waals surface area contributed by atoms with Crippen LogP contribution >= 0.6 is 11.3 Å². The fourth-order valence-electron chi connectivity index (χ4n) is 1.69. The van der Waals surface area contributed by atoms with E-state index in [1.54, 1.807) is 11.3 Å². The normalized spacial score (nSPS) is 14.9. The topological polar surface area (TPSA) is 34.1 Å². The number of hydrogen-bond donors (Lipinski definition) is 1. The van der Waals surface area contributed by atoms with Gasteiger partial charge in [-0.1, -0.05) is 13.8 Å². The summed E-state index contributed by atoms with van der Waals surface area (Å²) in [6.07, 6.45) is 0.953. The fraction of sp³-hybridized carbons (Fsp3) is 0.769. The highest BCUT2D eigenvalue weighted by molar-refractivity contribution is 7.11. The van der Waals surface area contributed by atoms with Crippen LogP contribution in [0.5, 0.6) is 0 Å². The molecule has 0 spiro atoms. The second-order valence-electron chi connectivity index (χ2n) is 4.33. The van der Waals surface area contributed by atoms with E-state index in [0.717, 1.165) is 36.8 Å². The molecule has 0 bridgehead atoms. The summed E-state index contributed by atoms with van der Waals surface area (Å²) in [7, 11) is 0. The number of thiazole rings is 1. The molecule has 1 heterocycles. The second-order valence-corrected chi connectivity index (χ2v) is 5.41. The molecule has 0 radical (unpaired) electrons. The van der Waals surface area contributed by atoms with Crippen molar-refractivity contribution in [2.75, 3.05) is 13.2 Å². The van der Waals surface area contributed by atoms with Gasteiger partial charge in [0, 0.05) is 18.0 Å². The Balaban J connectivity index is 2.90. The summed E-state index contributed by atoms with van der Waals surface area (Å²) in [6, 6.07) is 0. The van der Waals surface area contributed by atoms with Gasteiger partial charge in [-0.05, 0) is 33.7 Å². The first-order valence-electron chi connectivity index (χ1n) is 6.38. The highest BCUT2D eigenvalue weighted by atomic mass is 32.1. The van der Waals surface area contributed by atoms with Crippen molar-refractivity contribution in [3.05, 3.63) is 15.6 Å². The summed E-state index contributed by atoms with van der Waals surface area (Å²) in [4.78, 5) is 6.00. The molecule has 4 heteroatoms. The molecule has 1 atom stereocenters. The molecule has 0 saturated carbocycles. The third-order valence-electron chi connectivity index (χ3n) is 3.02. The minimum atomic E-state index is -0.228. The summed E-state index contributed by atoms with van der Waals surface area (Å²) >= 11 is 1.77. The number of nitrogens with one attached hydrogen (secondary N) is 1. The zero-order valence-corrected chi connectivity index (χ0v) is 12.4. The highest BCUT2D eigenvalue weighted by Crippen LogP contribution is 2.33. The summed E-state index contributed by atoms with van der Waals surface area (Å²) in [5.41, 5.74) is 0.902. The molecule has 0 aliphatic heterocycles. The summed E-state index contributed by atoms with van der Waals surface area (Å²) in [5, 5.41) is 4.45. The highest BCUT2D eigenvalue weighted by Gasteiger charge is 2.29. The van der Waals surface area contributed by atoms with Crippen molar-refractivity contribution in [1.29, 1.82) is 0 Å². The summed E-state index contributed by atoms with van der Waals surface area (Å²) < 4.78 is 5.86. The Kier molecular flexibility index (Phi) is 5.56. The average molecular weight is 256 g/mol. The Morgan fingerprint density at radius 1 is 1.35 bits per heavy atom. The first-order valence-corrected chi connectivity index (χ1v) is 7.20. The van der Waals surface area contributed by atoms with Gasteiger partial charge in [-0.25, -0.2) is 4.98 Å². The van der Waals surface area contributed by atoms with Crippen LogP contribution in [0.15, 0.2) is 0 Å². The van der Waals surface area contributed by atoms with Gasteiger partial charge in [-0.3, -0.25) is 0 Å². The predicted molar refractivity (Wildman–Crippen MR) is 73.5 cm³/mol. The number of hydrogen-bond acceptors (Lipinski definition) is 4. The zero-order valence-electron chi connectivity index (χ0n) is 11.6. The van der Waals surface area contributed by atoms with E-state index < -0.39 is 0 Å². The Morgan fingerprint density at radius 2 is 2.06 bits per heavy atom. The molecule has 98 valence electrons. The molecular formula is C13H24N2OS. The zero-order chi connectivity index (χ0) is 12.9. The fourth-order valence-corrected chi connectivity index (χ4v) is 2.89. The number of aryl methyl sites for hydroxylation is 1. The van der Waals surface area contributed by atoms with Crippen LogP contribution in [0.3, 0.4) is 0 Å². The maximum atomic E-state index is 5.86. The number of aromatic nitrogens is 1. The van der Waals surface area contributed by atoms with Gasteiger partial charge in [-0.15, -0.1) is 11.3 Å². The van der Waals surface area contributed by atoms with Crippen LogP contribution in [0.1, 0.15) is 49.7 Å². The van der Waals surface area contributed by atoms with Crippen molar-refractivity contribution < 1.29 is 4.74 Å². The van der Waals surface area contributed by atoms with E-state index in [-0.39, 0.29) is 5.60 Å². The maximum absolute atomic E-state index is 5.86. The van der Waals surface area contributed by atoms with E-state index in [0.29, 0.717) is 0 Å². The van der Waals surface area contributed by atoms with Crippen LogP contribution in [0.4, 0.5) is 0 Å². The lowest BCUT2D eigenvalue weighted by molar-refractivity contribution is -0.0325. The molecule has 0 aliphatic carbocycles. The van der Waals surface area contributed by atoms with Gasteiger partial charge in [0.2, 0.25) is 0 Å². The Morgan fingerprint density at radius 3 is 2.59 bits per heavy atom. The summed E-state index contributed by atoms with van der Waals surface area (Å²) in [5.74, 6) is 0. The van der Waals surface area contributed by atoms with Crippen LogP contribution in [-0.4, -0.2) is 18.1 Å². The Bertz CT molecular complexity index is 351. The molecule has 1 rings (SSSR count). The number of ether oxygens (including phenoxy) is 1. The van der Waals surface area contributed by atoms with E-state index in [2.05, 4.69) is 38.0 Å². The standard InChI is InChI=1S/C13H24N2OS/c1-6-13(5,16-8-3)12-15-10(4)11(17-12)9-14-7-2/h14H,6-9H2,1-5H3. The van der Waals surface area contributed by atoms with Gasteiger partial charge in [0.05, 0.1) is 5.69 Å². The quantitative estimate of drug-likeness (QED) is 0.813. The first-order chi connectivity index (χ1) is 8.07. The van der Waals surface area contributed by atoms with Crippen molar-refractivity contribution in [2.45, 2.75) is 53.2 Å². The number of nitrogens with zero attached hydrogens (tertiary/aromatic N) is 1. The molecular weight excluding hydrogens is 232 g/mol. The van der Waals surface area contributed by atoms with E-state index in [9.17, 15) is 0 Å². The van der Waals surface area contributed by atoms with Gasteiger partial charge in [0.1, 0.15) is 10.6 Å². The molecule has 0 aromatic carbocycles. The molecule has 1 N–H and O–H groups in total. The van der Waals surface area contributed by atoms with Crippen molar-refractivity contribution in [1.82, 2.24) is 10.3 Å². The monoisotopic (exact) mass is 256 g/mol. The van der Waals surface area contributed by atoms with Crippen LogP contribution in [0.25, 0.3) is 0 Å². The van der Waals surface area contributed by atoms with Gasteiger partial charge >= 0.3 is 0 Å². The van der Waals surface area contributed by atoms with Gasteiger partial charge in [-0.2, -0.15) is 0 Å². The maximum Gasteiger partial charge on any atom is 0.125 e. The van der Waals surface area contributed by atoms with Crippen LogP contribution in [-0.2, 0) is 16.9 Å². The van der Waals surface area contributed by atoms with Crippen LogP contribution < -0.4 is 5.32 Å². The third kappa shape index (κ3) is 3.50. The van der Waals surface area contributed by atoms with Crippen molar-refractivity contribution in [3.8, 4) is 0 Å². The molecule has 0 fully saturated rings.